The fourth-order valence-corrected chi connectivity index (χ4v) is 1.83. The highest BCUT2D eigenvalue weighted by Crippen LogP contribution is 2.20. The number of hydrogen-bond donors (Lipinski definition) is 0. The molecule has 80 valence electrons. The third-order valence-electron chi connectivity index (χ3n) is 1.82. The Morgan fingerprint density at radius 2 is 1.93 bits per heavy atom. The Labute approximate surface area is 106 Å². The average molecular weight is 310 g/mol. The normalized spacial score (nSPS) is 10.1. The number of hydrogen-bond acceptors (Lipinski definition) is 2. The van der Waals surface area contributed by atoms with Crippen LogP contribution in [0.25, 0.3) is 0 Å². The topological polar surface area (TPSA) is 34.1 Å². The maximum atomic E-state index is 11.6. The first-order chi connectivity index (χ1) is 7.06. The summed E-state index contributed by atoms with van der Waals surface area (Å²) in [4.78, 5) is 22.7. The van der Waals surface area contributed by atoms with Crippen LogP contribution in [-0.4, -0.2) is 16.9 Å². The molecule has 2 nitrogen and oxygen atoms in total. The molecule has 0 N–H and O–H groups in total. The molecule has 1 rings (SSSR count). The summed E-state index contributed by atoms with van der Waals surface area (Å²) < 4.78 is 0.703. The molecule has 0 saturated carbocycles. The van der Waals surface area contributed by atoms with Gasteiger partial charge in [-0.2, -0.15) is 0 Å². The molecular formula is C10H7BrCl2O2. The summed E-state index contributed by atoms with van der Waals surface area (Å²) in [5.74, 6) is 0.0478. The van der Waals surface area contributed by atoms with Crippen molar-refractivity contribution in [2.24, 2.45) is 0 Å². The van der Waals surface area contributed by atoms with Gasteiger partial charge in [-0.25, -0.2) is 0 Å². The summed E-state index contributed by atoms with van der Waals surface area (Å²) in [6, 6.07) is 4.77. The molecule has 0 unspecified atom stereocenters. The highest BCUT2D eigenvalue weighted by atomic mass is 79.9. The van der Waals surface area contributed by atoms with Gasteiger partial charge in [0, 0.05) is 27.9 Å². The number of alkyl halides is 1. The van der Waals surface area contributed by atoms with Crippen molar-refractivity contribution in [3.63, 3.8) is 0 Å². The van der Waals surface area contributed by atoms with E-state index in [9.17, 15) is 9.59 Å². The first kappa shape index (κ1) is 12.7. The van der Waals surface area contributed by atoms with E-state index in [1.165, 1.54) is 6.07 Å². The van der Waals surface area contributed by atoms with E-state index < -0.39 is 5.24 Å². The lowest BCUT2D eigenvalue weighted by Gasteiger charge is -2.04. The third-order valence-corrected chi connectivity index (χ3v) is 2.70. The Balaban J connectivity index is 3.17. The largest absolute Gasteiger partial charge is 0.294 e. The lowest BCUT2D eigenvalue weighted by atomic mass is 10.0. The zero-order valence-corrected chi connectivity index (χ0v) is 10.7. The smallest absolute Gasteiger partial charge is 0.253 e. The van der Waals surface area contributed by atoms with Gasteiger partial charge in [0.05, 0.1) is 0 Å². The fraction of sp³-hybridized carbons (Fsp3) is 0.200. The number of carbonyl (C=O) groups excluding carboxylic acids is 2. The second kappa shape index (κ2) is 5.64. The molecule has 0 amide bonds. The molecule has 0 fully saturated rings. The van der Waals surface area contributed by atoms with Crippen molar-refractivity contribution in [3.8, 4) is 0 Å². The first-order valence-corrected chi connectivity index (χ1v) is 5.85. The van der Waals surface area contributed by atoms with Crippen LogP contribution in [0.2, 0.25) is 0 Å². The summed E-state index contributed by atoms with van der Waals surface area (Å²) in [5.41, 5.74) is 0.528. The molecule has 0 bridgehead atoms. The van der Waals surface area contributed by atoms with Gasteiger partial charge in [-0.15, -0.1) is 11.6 Å². The summed E-state index contributed by atoms with van der Waals surface area (Å²) in [6.07, 6.45) is 0.195. The van der Waals surface area contributed by atoms with Crippen LogP contribution < -0.4 is 0 Å². The molecule has 0 atom stereocenters. The highest BCUT2D eigenvalue weighted by Gasteiger charge is 2.15. The van der Waals surface area contributed by atoms with Crippen LogP contribution in [0.5, 0.6) is 0 Å². The van der Waals surface area contributed by atoms with Crippen LogP contribution in [0.15, 0.2) is 22.7 Å². The Hall–Kier alpha value is -0.380. The van der Waals surface area contributed by atoms with Crippen LogP contribution in [0, 0.1) is 0 Å². The summed E-state index contributed by atoms with van der Waals surface area (Å²) in [7, 11) is 0. The van der Waals surface area contributed by atoms with Gasteiger partial charge in [0.25, 0.3) is 5.24 Å². The molecule has 5 heteroatoms. The fourth-order valence-electron chi connectivity index (χ4n) is 1.14. The van der Waals surface area contributed by atoms with Crippen LogP contribution in [0.4, 0.5) is 0 Å². The monoisotopic (exact) mass is 308 g/mol. The number of benzene rings is 1. The molecule has 0 aliphatic rings. The van der Waals surface area contributed by atoms with Gasteiger partial charge in [-0.1, -0.05) is 15.9 Å². The molecule has 0 radical (unpaired) electrons. The van der Waals surface area contributed by atoms with E-state index in [4.69, 9.17) is 23.2 Å². The van der Waals surface area contributed by atoms with Crippen molar-refractivity contribution >= 4 is 50.2 Å². The third kappa shape index (κ3) is 3.30. The zero-order chi connectivity index (χ0) is 11.4. The van der Waals surface area contributed by atoms with Crippen molar-refractivity contribution in [2.75, 3.05) is 5.88 Å². The van der Waals surface area contributed by atoms with E-state index in [0.717, 1.165) is 0 Å². The Bertz CT molecular complexity index is 404. The average Bonchev–Trinajstić information content (AvgIpc) is 2.17. The Morgan fingerprint density at radius 1 is 1.27 bits per heavy atom. The standard InChI is InChI=1S/C10H7BrCl2O2/c11-6-1-2-7(9(14)3-4-12)8(5-6)10(13)15/h1-2,5H,3-4H2. The van der Waals surface area contributed by atoms with Crippen LogP contribution in [0.3, 0.4) is 0 Å². The van der Waals surface area contributed by atoms with Gasteiger partial charge in [0.1, 0.15) is 0 Å². The van der Waals surface area contributed by atoms with Crippen LogP contribution in [-0.2, 0) is 0 Å². The number of Topliss-reactive ketones (excluding diaryl/α,β-unsaturated/α-hetero) is 1. The number of halogens is 3. The maximum Gasteiger partial charge on any atom is 0.253 e. The molecule has 1 aromatic carbocycles. The molecule has 1 aromatic rings. The van der Waals surface area contributed by atoms with E-state index in [-0.39, 0.29) is 23.6 Å². The molecular weight excluding hydrogens is 303 g/mol. The Kier molecular flexibility index (Phi) is 4.77. The van der Waals surface area contributed by atoms with Crippen molar-refractivity contribution in [1.29, 1.82) is 0 Å². The lowest BCUT2D eigenvalue weighted by Crippen LogP contribution is -2.06. The molecule has 0 heterocycles. The number of ketones is 1. The van der Waals surface area contributed by atoms with Gasteiger partial charge in [-0.05, 0) is 29.8 Å². The molecule has 0 aliphatic carbocycles. The van der Waals surface area contributed by atoms with E-state index >= 15 is 0 Å². The molecule has 15 heavy (non-hydrogen) atoms. The van der Waals surface area contributed by atoms with Crippen LogP contribution in [0.1, 0.15) is 27.1 Å². The second-order valence-electron chi connectivity index (χ2n) is 2.83. The predicted octanol–water partition coefficient (Wildman–Crippen LogP) is 3.64. The van der Waals surface area contributed by atoms with Gasteiger partial charge < -0.3 is 0 Å². The number of carbonyl (C=O) groups is 2. The summed E-state index contributed by atoms with van der Waals surface area (Å²) >= 11 is 14.0. The van der Waals surface area contributed by atoms with E-state index in [1.54, 1.807) is 12.1 Å². The van der Waals surface area contributed by atoms with Crippen molar-refractivity contribution in [2.45, 2.75) is 6.42 Å². The molecule has 0 aliphatic heterocycles. The quantitative estimate of drug-likeness (QED) is 0.483. The zero-order valence-electron chi connectivity index (χ0n) is 7.60. The Morgan fingerprint density at radius 3 is 2.47 bits per heavy atom. The lowest BCUT2D eigenvalue weighted by molar-refractivity contribution is 0.0979. The molecule has 0 saturated heterocycles. The van der Waals surface area contributed by atoms with Gasteiger partial charge in [0.2, 0.25) is 0 Å². The van der Waals surface area contributed by atoms with Gasteiger partial charge in [-0.3, -0.25) is 9.59 Å². The van der Waals surface area contributed by atoms with Crippen molar-refractivity contribution in [3.05, 3.63) is 33.8 Å². The maximum absolute atomic E-state index is 11.6. The van der Waals surface area contributed by atoms with Gasteiger partial charge in [0.15, 0.2) is 5.78 Å². The summed E-state index contributed by atoms with van der Waals surface area (Å²) in [6.45, 7) is 0. The predicted molar refractivity (Wildman–Crippen MR) is 64.0 cm³/mol. The SMILES string of the molecule is O=C(Cl)c1cc(Br)ccc1C(=O)CCCl. The van der Waals surface area contributed by atoms with E-state index in [1.807, 2.05) is 0 Å². The van der Waals surface area contributed by atoms with E-state index in [0.29, 0.717) is 10.0 Å². The van der Waals surface area contributed by atoms with Gasteiger partial charge >= 0.3 is 0 Å². The molecule has 0 spiro atoms. The van der Waals surface area contributed by atoms with Crippen molar-refractivity contribution < 1.29 is 9.59 Å². The highest BCUT2D eigenvalue weighted by molar-refractivity contribution is 9.10. The minimum absolute atomic E-state index is 0.179. The second-order valence-corrected chi connectivity index (χ2v) is 4.46. The minimum Gasteiger partial charge on any atom is -0.294 e. The van der Waals surface area contributed by atoms with E-state index in [2.05, 4.69) is 15.9 Å². The first-order valence-electron chi connectivity index (χ1n) is 4.15. The molecule has 0 aromatic heterocycles. The van der Waals surface area contributed by atoms with Crippen molar-refractivity contribution in [1.82, 2.24) is 0 Å². The summed E-state index contributed by atoms with van der Waals surface area (Å²) in [5, 5.41) is -0.644. The number of rotatable bonds is 4. The minimum atomic E-state index is -0.644. The van der Waals surface area contributed by atoms with Crippen LogP contribution >= 0.6 is 39.1 Å².